The molecule has 1 unspecified atom stereocenters. The predicted octanol–water partition coefficient (Wildman–Crippen LogP) is 2.84. The molecule has 1 aromatic carbocycles. The van der Waals surface area contributed by atoms with E-state index < -0.39 is 11.7 Å². The van der Waals surface area contributed by atoms with Gasteiger partial charge in [-0.15, -0.1) is 0 Å². The van der Waals surface area contributed by atoms with Crippen molar-refractivity contribution in [3.8, 4) is 11.5 Å². The molecule has 24 heavy (non-hydrogen) atoms. The number of carbonyl (C=O) groups excluding carboxylic acids is 1. The molecular formula is C19H25NO4. The minimum absolute atomic E-state index is 0.0470. The van der Waals surface area contributed by atoms with Gasteiger partial charge in [-0.1, -0.05) is 6.58 Å². The van der Waals surface area contributed by atoms with Crippen molar-refractivity contribution >= 4 is 5.91 Å². The summed E-state index contributed by atoms with van der Waals surface area (Å²) >= 11 is 0. The second kappa shape index (κ2) is 6.48. The van der Waals surface area contributed by atoms with Gasteiger partial charge in [0, 0.05) is 44.0 Å². The number of hydrogen-bond acceptors (Lipinski definition) is 4. The second-order valence-electron chi connectivity index (χ2n) is 6.90. The van der Waals surface area contributed by atoms with Crippen LogP contribution in [0, 0.1) is 0 Å². The summed E-state index contributed by atoms with van der Waals surface area (Å²) in [6.45, 7) is 8.73. The van der Waals surface area contributed by atoms with Crippen LogP contribution >= 0.6 is 0 Å². The van der Waals surface area contributed by atoms with Crippen LogP contribution in [0.15, 0.2) is 30.9 Å². The smallest absolute Gasteiger partial charge is 0.245 e. The van der Waals surface area contributed by atoms with Crippen molar-refractivity contribution in [3.05, 3.63) is 36.4 Å². The first-order chi connectivity index (χ1) is 11.4. The van der Waals surface area contributed by atoms with Crippen LogP contribution in [0.3, 0.4) is 0 Å². The van der Waals surface area contributed by atoms with E-state index in [9.17, 15) is 9.90 Å². The number of piperidine rings is 1. The lowest BCUT2D eigenvalue weighted by atomic mass is 9.81. The molecule has 1 aromatic rings. The summed E-state index contributed by atoms with van der Waals surface area (Å²) < 4.78 is 12.0. The van der Waals surface area contributed by atoms with Crippen molar-refractivity contribution in [2.24, 2.45) is 0 Å². The number of likely N-dealkylation sites (tertiary alicyclic amines) is 1. The van der Waals surface area contributed by atoms with Crippen LogP contribution in [0.25, 0.3) is 0 Å². The Bertz CT molecular complexity index is 632. The average Bonchev–Trinajstić information content (AvgIpc) is 2.54. The minimum Gasteiger partial charge on any atom is -0.491 e. The fourth-order valence-electron chi connectivity index (χ4n) is 3.53. The maximum absolute atomic E-state index is 11.7. The Hall–Kier alpha value is -2.01. The van der Waals surface area contributed by atoms with Gasteiger partial charge in [0.05, 0.1) is 12.2 Å². The van der Waals surface area contributed by atoms with E-state index in [1.54, 1.807) is 4.90 Å². The van der Waals surface area contributed by atoms with Gasteiger partial charge in [-0.25, -0.2) is 0 Å². The van der Waals surface area contributed by atoms with E-state index in [-0.39, 0.29) is 12.0 Å². The highest BCUT2D eigenvalue weighted by molar-refractivity contribution is 5.87. The van der Waals surface area contributed by atoms with Gasteiger partial charge >= 0.3 is 0 Å². The van der Waals surface area contributed by atoms with E-state index in [0.29, 0.717) is 38.1 Å². The molecule has 1 N–H and O–H groups in total. The third kappa shape index (κ3) is 3.26. The summed E-state index contributed by atoms with van der Waals surface area (Å²) in [5.41, 5.74) is 0.391. The van der Waals surface area contributed by atoms with Gasteiger partial charge in [0.2, 0.25) is 5.91 Å². The molecule has 0 aliphatic carbocycles. The van der Waals surface area contributed by atoms with Crippen LogP contribution < -0.4 is 9.47 Å². The lowest BCUT2D eigenvalue weighted by Gasteiger charge is -2.45. The molecule has 2 aliphatic heterocycles. The second-order valence-corrected chi connectivity index (χ2v) is 6.90. The zero-order valence-corrected chi connectivity index (χ0v) is 14.3. The average molecular weight is 331 g/mol. The number of aliphatic hydroxyl groups excluding tert-OH is 1. The van der Waals surface area contributed by atoms with Crippen molar-refractivity contribution in [1.82, 2.24) is 4.90 Å². The first-order valence-electron chi connectivity index (χ1n) is 8.51. The molecule has 5 nitrogen and oxygen atoms in total. The SMILES string of the molecule is C=CC(=O)N1CCC2(CC1)CC(O)c1ccc(OC(C)C)cc1O2. The number of hydrogen-bond donors (Lipinski definition) is 1. The highest BCUT2D eigenvalue weighted by atomic mass is 16.5. The maximum Gasteiger partial charge on any atom is 0.245 e. The van der Waals surface area contributed by atoms with E-state index >= 15 is 0 Å². The molecule has 1 saturated heterocycles. The zero-order valence-electron chi connectivity index (χ0n) is 14.3. The number of aliphatic hydroxyl groups is 1. The largest absolute Gasteiger partial charge is 0.491 e. The Morgan fingerprint density at radius 3 is 2.79 bits per heavy atom. The van der Waals surface area contributed by atoms with Gasteiger partial charge < -0.3 is 19.5 Å². The van der Waals surface area contributed by atoms with Gasteiger partial charge in [-0.05, 0) is 32.1 Å². The first-order valence-corrected chi connectivity index (χ1v) is 8.51. The van der Waals surface area contributed by atoms with Gasteiger partial charge in [0.25, 0.3) is 0 Å². The molecule has 1 amide bonds. The lowest BCUT2D eigenvalue weighted by Crippen LogP contribution is -2.51. The predicted molar refractivity (Wildman–Crippen MR) is 91.2 cm³/mol. The zero-order chi connectivity index (χ0) is 17.3. The van der Waals surface area contributed by atoms with Gasteiger partial charge in [0.1, 0.15) is 17.1 Å². The monoisotopic (exact) mass is 331 g/mol. The number of amides is 1. The van der Waals surface area contributed by atoms with Crippen molar-refractivity contribution < 1.29 is 19.4 Å². The summed E-state index contributed by atoms with van der Waals surface area (Å²) in [5.74, 6) is 1.39. The molecule has 0 saturated carbocycles. The van der Waals surface area contributed by atoms with Crippen molar-refractivity contribution in [1.29, 1.82) is 0 Å². The van der Waals surface area contributed by atoms with Gasteiger partial charge in [0.15, 0.2) is 0 Å². The van der Waals surface area contributed by atoms with E-state index in [1.165, 1.54) is 6.08 Å². The summed E-state index contributed by atoms with van der Waals surface area (Å²) in [5, 5.41) is 10.6. The summed E-state index contributed by atoms with van der Waals surface area (Å²) in [6, 6.07) is 5.61. The topological polar surface area (TPSA) is 59.0 Å². The minimum atomic E-state index is -0.552. The Morgan fingerprint density at radius 2 is 2.17 bits per heavy atom. The maximum atomic E-state index is 11.7. The normalized spacial score (nSPS) is 22.0. The third-order valence-corrected chi connectivity index (χ3v) is 4.77. The van der Waals surface area contributed by atoms with Crippen molar-refractivity contribution in [2.45, 2.75) is 50.9 Å². The Kier molecular flexibility index (Phi) is 4.54. The molecule has 0 aromatic heterocycles. The molecule has 1 spiro atoms. The highest BCUT2D eigenvalue weighted by Gasteiger charge is 2.43. The first kappa shape index (κ1) is 16.8. The summed E-state index contributed by atoms with van der Waals surface area (Å²) in [7, 11) is 0. The highest BCUT2D eigenvalue weighted by Crippen LogP contribution is 2.45. The van der Waals surface area contributed by atoms with E-state index in [1.807, 2.05) is 32.0 Å². The number of nitrogens with zero attached hydrogens (tertiary/aromatic N) is 1. The molecule has 0 bridgehead atoms. The van der Waals surface area contributed by atoms with Gasteiger partial charge in [-0.3, -0.25) is 4.79 Å². The Balaban J connectivity index is 1.78. The van der Waals surface area contributed by atoms with Crippen molar-refractivity contribution in [3.63, 3.8) is 0 Å². The third-order valence-electron chi connectivity index (χ3n) is 4.77. The Morgan fingerprint density at radius 1 is 1.46 bits per heavy atom. The molecule has 2 heterocycles. The summed E-state index contributed by atoms with van der Waals surface area (Å²) in [4.78, 5) is 13.5. The molecule has 130 valence electrons. The lowest BCUT2D eigenvalue weighted by molar-refractivity contribution is -0.130. The van der Waals surface area contributed by atoms with Crippen molar-refractivity contribution in [2.75, 3.05) is 13.1 Å². The molecular weight excluding hydrogens is 306 g/mol. The number of ether oxygens (including phenoxy) is 2. The standard InChI is InChI=1S/C19H25NO4/c1-4-18(22)20-9-7-19(8-10-20)12-16(21)15-6-5-14(23-13(2)3)11-17(15)24-19/h4-6,11,13,16,21H,1,7-10,12H2,2-3H3. The van der Waals surface area contributed by atoms with E-state index in [4.69, 9.17) is 9.47 Å². The fourth-order valence-corrected chi connectivity index (χ4v) is 3.53. The van der Waals surface area contributed by atoms with E-state index in [2.05, 4.69) is 6.58 Å². The van der Waals surface area contributed by atoms with Crippen LogP contribution in [-0.2, 0) is 4.79 Å². The van der Waals surface area contributed by atoms with Crippen LogP contribution in [0.2, 0.25) is 0 Å². The number of benzene rings is 1. The van der Waals surface area contributed by atoms with Crippen LogP contribution in [0.1, 0.15) is 44.8 Å². The molecule has 1 atom stereocenters. The Labute approximate surface area is 142 Å². The molecule has 3 rings (SSSR count). The number of rotatable bonds is 3. The fraction of sp³-hybridized carbons (Fsp3) is 0.526. The van der Waals surface area contributed by atoms with Gasteiger partial charge in [-0.2, -0.15) is 0 Å². The van der Waals surface area contributed by atoms with Crippen LogP contribution in [0.4, 0.5) is 0 Å². The van der Waals surface area contributed by atoms with E-state index in [0.717, 1.165) is 11.3 Å². The molecule has 1 fully saturated rings. The quantitative estimate of drug-likeness (QED) is 0.865. The molecule has 5 heteroatoms. The molecule has 0 radical (unpaired) electrons. The number of fused-ring (bicyclic) bond motifs is 1. The number of carbonyl (C=O) groups is 1. The summed E-state index contributed by atoms with van der Waals surface area (Å²) in [6.07, 6.45) is 2.85. The van der Waals surface area contributed by atoms with Crippen LogP contribution in [0.5, 0.6) is 11.5 Å². The molecule has 2 aliphatic rings. The van der Waals surface area contributed by atoms with Crippen LogP contribution in [-0.4, -0.2) is 40.7 Å².